The van der Waals surface area contributed by atoms with Gasteiger partial charge in [-0.25, -0.2) is 0 Å². The molecule has 0 aliphatic carbocycles. The van der Waals surface area contributed by atoms with E-state index in [1.165, 1.54) is 22.3 Å². The van der Waals surface area contributed by atoms with Crippen molar-refractivity contribution in [1.29, 1.82) is 0 Å². The first-order chi connectivity index (χ1) is 7.89. The smallest absolute Gasteiger partial charge is 0.0568 e. The van der Waals surface area contributed by atoms with Crippen molar-refractivity contribution in [2.45, 2.75) is 33.1 Å². The van der Waals surface area contributed by atoms with Gasteiger partial charge in [0.05, 0.1) is 6.20 Å². The molecule has 0 aliphatic rings. The van der Waals surface area contributed by atoms with Crippen LogP contribution in [0.25, 0.3) is 11.1 Å². The highest BCUT2D eigenvalue weighted by Gasteiger charge is 2.18. The summed E-state index contributed by atoms with van der Waals surface area (Å²) in [7, 11) is 1.95. The van der Waals surface area contributed by atoms with E-state index in [0.29, 0.717) is 0 Å². The van der Waals surface area contributed by atoms with Crippen molar-refractivity contribution >= 4 is 0 Å². The summed E-state index contributed by atoms with van der Waals surface area (Å²) in [6, 6.07) is 6.52. The number of hydrogen-bond donors (Lipinski definition) is 0. The third kappa shape index (κ3) is 2.26. The molecule has 0 bridgehead atoms. The van der Waals surface area contributed by atoms with Crippen molar-refractivity contribution < 1.29 is 0 Å². The van der Waals surface area contributed by atoms with Gasteiger partial charge < -0.3 is 0 Å². The number of aryl methyl sites for hydroxylation is 1. The fourth-order valence-electron chi connectivity index (χ4n) is 2.32. The fourth-order valence-corrected chi connectivity index (χ4v) is 2.32. The minimum Gasteiger partial charge on any atom is -0.275 e. The zero-order chi connectivity index (χ0) is 12.6. The molecule has 2 nitrogen and oxygen atoms in total. The van der Waals surface area contributed by atoms with Crippen molar-refractivity contribution in [2.75, 3.05) is 0 Å². The molecule has 0 saturated carbocycles. The van der Waals surface area contributed by atoms with Gasteiger partial charge in [0.1, 0.15) is 0 Å². The SMILES string of the molecule is Cc1c(-c2cnn(C)c2)cccc1C(C)(C)C. The van der Waals surface area contributed by atoms with Crippen molar-refractivity contribution in [3.05, 3.63) is 41.7 Å². The van der Waals surface area contributed by atoms with Gasteiger partial charge in [0.25, 0.3) is 0 Å². The van der Waals surface area contributed by atoms with Crippen LogP contribution >= 0.6 is 0 Å². The molecule has 2 heteroatoms. The van der Waals surface area contributed by atoms with E-state index in [2.05, 4.69) is 57.2 Å². The predicted molar refractivity (Wildman–Crippen MR) is 72.1 cm³/mol. The van der Waals surface area contributed by atoms with E-state index in [0.717, 1.165) is 0 Å². The fraction of sp³-hybridized carbons (Fsp3) is 0.400. The van der Waals surface area contributed by atoms with Crippen molar-refractivity contribution in [2.24, 2.45) is 7.05 Å². The Morgan fingerprint density at radius 2 is 1.88 bits per heavy atom. The molecule has 17 heavy (non-hydrogen) atoms. The second-order valence-corrected chi connectivity index (χ2v) is 5.63. The van der Waals surface area contributed by atoms with E-state index in [-0.39, 0.29) is 5.41 Å². The molecule has 0 amide bonds. The summed E-state index contributed by atoms with van der Waals surface area (Å²) in [5, 5.41) is 4.24. The van der Waals surface area contributed by atoms with Crippen LogP contribution in [0.2, 0.25) is 0 Å². The van der Waals surface area contributed by atoms with Gasteiger partial charge >= 0.3 is 0 Å². The number of rotatable bonds is 1. The number of benzene rings is 1. The maximum absolute atomic E-state index is 4.24. The minimum absolute atomic E-state index is 0.183. The molecule has 0 atom stereocenters. The summed E-state index contributed by atoms with van der Waals surface area (Å²) < 4.78 is 1.85. The van der Waals surface area contributed by atoms with Crippen LogP contribution in [0.1, 0.15) is 31.9 Å². The zero-order valence-electron chi connectivity index (χ0n) is 11.3. The highest BCUT2D eigenvalue weighted by molar-refractivity contribution is 5.67. The topological polar surface area (TPSA) is 17.8 Å². The Balaban J connectivity index is 2.57. The zero-order valence-corrected chi connectivity index (χ0v) is 11.3. The molecular weight excluding hydrogens is 208 g/mol. The summed E-state index contributed by atoms with van der Waals surface area (Å²) in [6.45, 7) is 8.95. The van der Waals surface area contributed by atoms with Crippen LogP contribution < -0.4 is 0 Å². The Bertz CT molecular complexity index is 530. The maximum Gasteiger partial charge on any atom is 0.0568 e. The molecule has 0 N–H and O–H groups in total. The molecule has 1 aromatic carbocycles. The van der Waals surface area contributed by atoms with Gasteiger partial charge in [-0.3, -0.25) is 4.68 Å². The number of nitrogens with zero attached hydrogens (tertiary/aromatic N) is 2. The van der Waals surface area contributed by atoms with E-state index in [9.17, 15) is 0 Å². The molecule has 2 rings (SSSR count). The average molecular weight is 228 g/mol. The number of hydrogen-bond acceptors (Lipinski definition) is 1. The van der Waals surface area contributed by atoms with Crippen LogP contribution in [0.3, 0.4) is 0 Å². The quantitative estimate of drug-likeness (QED) is 0.728. The largest absolute Gasteiger partial charge is 0.275 e. The van der Waals surface area contributed by atoms with Gasteiger partial charge in [0.2, 0.25) is 0 Å². The Hall–Kier alpha value is -1.57. The first-order valence-corrected chi connectivity index (χ1v) is 5.98. The molecule has 1 heterocycles. The van der Waals surface area contributed by atoms with Gasteiger partial charge in [0, 0.05) is 18.8 Å². The van der Waals surface area contributed by atoms with Crippen LogP contribution in [0, 0.1) is 6.92 Å². The van der Waals surface area contributed by atoms with Crippen LogP contribution in [0.4, 0.5) is 0 Å². The molecule has 2 aromatic rings. The molecular formula is C15H20N2. The lowest BCUT2D eigenvalue weighted by Gasteiger charge is -2.23. The second-order valence-electron chi connectivity index (χ2n) is 5.63. The van der Waals surface area contributed by atoms with Crippen molar-refractivity contribution in [3.63, 3.8) is 0 Å². The van der Waals surface area contributed by atoms with E-state index in [1.807, 2.05) is 17.9 Å². The van der Waals surface area contributed by atoms with Gasteiger partial charge in [-0.15, -0.1) is 0 Å². The molecule has 90 valence electrons. The first-order valence-electron chi connectivity index (χ1n) is 5.98. The lowest BCUT2D eigenvalue weighted by atomic mass is 9.82. The Morgan fingerprint density at radius 1 is 1.18 bits per heavy atom. The van der Waals surface area contributed by atoms with Crippen LogP contribution in [-0.4, -0.2) is 9.78 Å². The van der Waals surface area contributed by atoms with E-state index in [1.54, 1.807) is 0 Å². The summed E-state index contributed by atoms with van der Waals surface area (Å²) in [5.41, 5.74) is 5.41. The van der Waals surface area contributed by atoms with Crippen LogP contribution in [0.15, 0.2) is 30.6 Å². The minimum atomic E-state index is 0.183. The highest BCUT2D eigenvalue weighted by Crippen LogP contribution is 2.32. The second kappa shape index (κ2) is 4.02. The third-order valence-electron chi connectivity index (χ3n) is 3.16. The predicted octanol–water partition coefficient (Wildman–Crippen LogP) is 3.69. The lowest BCUT2D eigenvalue weighted by molar-refractivity contribution is 0.586. The van der Waals surface area contributed by atoms with E-state index >= 15 is 0 Å². The summed E-state index contributed by atoms with van der Waals surface area (Å²) in [6.07, 6.45) is 3.99. The Morgan fingerprint density at radius 3 is 2.41 bits per heavy atom. The summed E-state index contributed by atoms with van der Waals surface area (Å²) in [4.78, 5) is 0. The monoisotopic (exact) mass is 228 g/mol. The van der Waals surface area contributed by atoms with Crippen molar-refractivity contribution in [3.8, 4) is 11.1 Å². The normalized spacial score (nSPS) is 11.8. The molecule has 1 aromatic heterocycles. The van der Waals surface area contributed by atoms with Gasteiger partial charge in [-0.05, 0) is 29.0 Å². The summed E-state index contributed by atoms with van der Waals surface area (Å²) >= 11 is 0. The van der Waals surface area contributed by atoms with Crippen LogP contribution in [-0.2, 0) is 12.5 Å². The number of aromatic nitrogens is 2. The third-order valence-corrected chi connectivity index (χ3v) is 3.16. The summed E-state index contributed by atoms with van der Waals surface area (Å²) in [5.74, 6) is 0. The Labute approximate surface area is 103 Å². The van der Waals surface area contributed by atoms with Gasteiger partial charge in [0.15, 0.2) is 0 Å². The molecule has 0 aliphatic heterocycles. The highest BCUT2D eigenvalue weighted by atomic mass is 15.2. The first kappa shape index (κ1) is 11.9. The maximum atomic E-state index is 4.24. The van der Waals surface area contributed by atoms with Gasteiger partial charge in [-0.2, -0.15) is 5.10 Å². The Kier molecular flexibility index (Phi) is 2.82. The van der Waals surface area contributed by atoms with Gasteiger partial charge in [-0.1, -0.05) is 39.0 Å². The molecule has 0 fully saturated rings. The van der Waals surface area contributed by atoms with Crippen LogP contribution in [0.5, 0.6) is 0 Å². The molecule has 0 unspecified atom stereocenters. The van der Waals surface area contributed by atoms with Crippen molar-refractivity contribution in [1.82, 2.24) is 9.78 Å². The molecule has 0 spiro atoms. The average Bonchev–Trinajstić information content (AvgIpc) is 2.63. The van der Waals surface area contributed by atoms with E-state index < -0.39 is 0 Å². The standard InChI is InChI=1S/C15H20N2/c1-11-13(12-9-16-17(5)10-12)7-6-8-14(11)15(2,3)4/h6-10H,1-5H3. The lowest BCUT2D eigenvalue weighted by Crippen LogP contribution is -2.13. The molecule has 0 radical (unpaired) electrons. The van der Waals surface area contributed by atoms with E-state index in [4.69, 9.17) is 0 Å². The molecule has 0 saturated heterocycles.